The van der Waals surface area contributed by atoms with Gasteiger partial charge in [-0.2, -0.15) is 0 Å². The van der Waals surface area contributed by atoms with Crippen molar-refractivity contribution in [3.05, 3.63) is 45.1 Å². The van der Waals surface area contributed by atoms with Crippen molar-refractivity contribution >= 4 is 45.1 Å². The quantitative estimate of drug-likeness (QED) is 0.632. The first-order valence-electron chi connectivity index (χ1n) is 9.39. The van der Waals surface area contributed by atoms with Crippen LogP contribution >= 0.6 is 11.6 Å². The Kier molecular flexibility index (Phi) is 4.53. The number of aryl methyl sites for hydroxylation is 1. The molecule has 8 heteroatoms. The van der Waals surface area contributed by atoms with Crippen molar-refractivity contribution in [2.45, 2.75) is 26.7 Å². The summed E-state index contributed by atoms with van der Waals surface area (Å²) in [6.07, 6.45) is 4.63. The molecule has 0 spiro atoms. The van der Waals surface area contributed by atoms with E-state index in [1.54, 1.807) is 13.1 Å². The van der Waals surface area contributed by atoms with Crippen LogP contribution in [-0.2, 0) is 7.05 Å². The summed E-state index contributed by atoms with van der Waals surface area (Å²) >= 11 is 6.37. The summed E-state index contributed by atoms with van der Waals surface area (Å²) in [5.41, 5.74) is -0.0904. The Bertz CT molecular complexity index is 1240. The predicted molar refractivity (Wildman–Crippen MR) is 112 cm³/mol. The van der Waals surface area contributed by atoms with Gasteiger partial charge in [0, 0.05) is 31.7 Å². The van der Waals surface area contributed by atoms with Crippen LogP contribution in [0.5, 0.6) is 0 Å². The molecule has 0 atom stereocenters. The Morgan fingerprint density at radius 1 is 1.38 bits per heavy atom. The number of hydrogen-bond donors (Lipinski definition) is 1. The molecule has 3 aromatic rings. The molecule has 0 saturated carbocycles. The van der Waals surface area contributed by atoms with Gasteiger partial charge in [-0.05, 0) is 24.3 Å². The van der Waals surface area contributed by atoms with Crippen molar-refractivity contribution in [1.82, 2.24) is 9.55 Å². The maximum atomic E-state index is 15.2. The number of nitrogens with zero attached hydrogens (tertiary/aromatic N) is 3. The van der Waals surface area contributed by atoms with Gasteiger partial charge in [-0.25, -0.2) is 9.18 Å². The van der Waals surface area contributed by atoms with Crippen LogP contribution in [0.1, 0.15) is 37.0 Å². The lowest BCUT2D eigenvalue weighted by molar-refractivity contribution is 0.0695. The van der Waals surface area contributed by atoms with Gasteiger partial charge in [-0.3, -0.25) is 9.78 Å². The maximum absolute atomic E-state index is 15.2. The number of aromatic carboxylic acids is 1. The Morgan fingerprint density at radius 2 is 2.10 bits per heavy atom. The van der Waals surface area contributed by atoms with Gasteiger partial charge in [0.2, 0.25) is 5.43 Å². The molecule has 1 aliphatic rings. The zero-order chi connectivity index (χ0) is 21.1. The number of pyridine rings is 2. The molecular formula is C21H21ClFN3O3. The molecule has 0 bridgehead atoms. The number of carboxylic acid groups (broad SMARTS) is 1. The van der Waals surface area contributed by atoms with Crippen LogP contribution in [0.2, 0.25) is 5.02 Å². The van der Waals surface area contributed by atoms with Crippen LogP contribution in [0.15, 0.2) is 23.3 Å². The van der Waals surface area contributed by atoms with Crippen LogP contribution in [0, 0.1) is 11.2 Å². The molecular weight excluding hydrogens is 397 g/mol. The Balaban J connectivity index is 2.08. The minimum absolute atomic E-state index is 0.0340. The Hall–Kier alpha value is -2.67. The van der Waals surface area contributed by atoms with E-state index in [1.165, 1.54) is 17.0 Å². The summed E-state index contributed by atoms with van der Waals surface area (Å²) in [6, 6.07) is 1.67. The van der Waals surface area contributed by atoms with Gasteiger partial charge in [-0.15, -0.1) is 0 Å². The van der Waals surface area contributed by atoms with Gasteiger partial charge in [0.15, 0.2) is 5.82 Å². The van der Waals surface area contributed by atoms with Crippen molar-refractivity contribution in [1.29, 1.82) is 0 Å². The number of carbonyl (C=O) groups is 1. The SMILES string of the molecule is Cn1cc(C(=O)O)c(=O)c2c3cc(N4CCCC(C)(C)C4)c(Cl)c(F)c3ncc21. The van der Waals surface area contributed by atoms with Crippen LogP contribution in [0.3, 0.4) is 0 Å². The molecule has 1 aromatic carbocycles. The van der Waals surface area contributed by atoms with Gasteiger partial charge in [0.05, 0.1) is 22.8 Å². The summed E-state index contributed by atoms with van der Waals surface area (Å²) in [5, 5.41) is 9.77. The van der Waals surface area contributed by atoms with Crippen molar-refractivity contribution in [2.75, 3.05) is 18.0 Å². The molecule has 1 fully saturated rings. The van der Waals surface area contributed by atoms with Gasteiger partial charge in [-0.1, -0.05) is 25.4 Å². The summed E-state index contributed by atoms with van der Waals surface area (Å²) in [4.78, 5) is 30.7. The van der Waals surface area contributed by atoms with Crippen LogP contribution in [0.25, 0.3) is 21.8 Å². The molecule has 3 heterocycles. The van der Waals surface area contributed by atoms with E-state index in [1.807, 2.05) is 4.90 Å². The van der Waals surface area contributed by atoms with Crippen molar-refractivity contribution in [2.24, 2.45) is 12.5 Å². The van der Waals surface area contributed by atoms with Gasteiger partial charge in [0.1, 0.15) is 16.1 Å². The first-order valence-corrected chi connectivity index (χ1v) is 9.77. The van der Waals surface area contributed by atoms with Crippen LogP contribution in [-0.4, -0.2) is 33.7 Å². The van der Waals surface area contributed by atoms with Crippen molar-refractivity contribution in [3.8, 4) is 0 Å². The largest absolute Gasteiger partial charge is 0.477 e. The van der Waals surface area contributed by atoms with Crippen molar-refractivity contribution < 1.29 is 14.3 Å². The number of anilines is 1. The third kappa shape index (κ3) is 3.13. The lowest BCUT2D eigenvalue weighted by Gasteiger charge is -2.40. The minimum atomic E-state index is -1.33. The van der Waals surface area contributed by atoms with E-state index in [4.69, 9.17) is 11.6 Å². The van der Waals surface area contributed by atoms with Gasteiger partial charge in [0.25, 0.3) is 0 Å². The number of rotatable bonds is 2. The monoisotopic (exact) mass is 417 g/mol. The molecule has 0 unspecified atom stereocenters. The lowest BCUT2D eigenvalue weighted by Crippen LogP contribution is -2.40. The smallest absolute Gasteiger partial charge is 0.341 e. The molecule has 1 saturated heterocycles. The third-order valence-electron chi connectivity index (χ3n) is 5.65. The number of aromatic nitrogens is 2. The summed E-state index contributed by atoms with van der Waals surface area (Å²) < 4.78 is 16.7. The molecule has 29 heavy (non-hydrogen) atoms. The Morgan fingerprint density at radius 3 is 2.76 bits per heavy atom. The Labute approximate surface area is 171 Å². The van der Waals surface area contributed by atoms with Gasteiger partial charge < -0.3 is 14.6 Å². The van der Waals surface area contributed by atoms with E-state index in [-0.39, 0.29) is 32.3 Å². The fourth-order valence-corrected chi connectivity index (χ4v) is 4.49. The molecule has 6 nitrogen and oxygen atoms in total. The average Bonchev–Trinajstić information content (AvgIpc) is 2.65. The zero-order valence-corrected chi connectivity index (χ0v) is 17.2. The number of fused-ring (bicyclic) bond motifs is 3. The highest BCUT2D eigenvalue weighted by atomic mass is 35.5. The molecule has 152 valence electrons. The summed E-state index contributed by atoms with van der Waals surface area (Å²) in [6.45, 7) is 5.73. The van der Waals surface area contributed by atoms with E-state index >= 15 is 4.39 Å². The number of carboxylic acids is 1. The standard InChI is InChI=1S/C21H21ClFN3O3/c1-21(2)5-4-6-26(10-21)13-7-11-15-14(8-24-18(11)17(23)16(13)22)25(3)9-12(19(15)27)20(28)29/h7-9H,4-6,10H2,1-3H3,(H,28,29). The van der Waals surface area contributed by atoms with Crippen LogP contribution < -0.4 is 10.3 Å². The molecule has 0 amide bonds. The predicted octanol–water partition coefficient (Wildman–Crippen LogP) is 4.20. The molecule has 2 aromatic heterocycles. The second-order valence-electron chi connectivity index (χ2n) is 8.42. The second kappa shape index (κ2) is 6.69. The average molecular weight is 418 g/mol. The number of benzene rings is 1. The number of hydrogen-bond acceptors (Lipinski definition) is 4. The number of piperidine rings is 1. The first-order chi connectivity index (χ1) is 13.6. The highest BCUT2D eigenvalue weighted by Gasteiger charge is 2.29. The number of halogens is 2. The maximum Gasteiger partial charge on any atom is 0.341 e. The van der Waals surface area contributed by atoms with E-state index in [2.05, 4.69) is 18.8 Å². The molecule has 0 aliphatic carbocycles. The summed E-state index contributed by atoms with van der Waals surface area (Å²) in [5.74, 6) is -2.03. The summed E-state index contributed by atoms with van der Waals surface area (Å²) in [7, 11) is 1.63. The molecule has 1 N–H and O–H groups in total. The third-order valence-corrected chi connectivity index (χ3v) is 6.01. The van der Waals surface area contributed by atoms with E-state index in [9.17, 15) is 14.7 Å². The zero-order valence-electron chi connectivity index (χ0n) is 16.4. The fraction of sp³-hybridized carbons (Fsp3) is 0.381. The van der Waals surface area contributed by atoms with Crippen LogP contribution in [0.4, 0.5) is 10.1 Å². The van der Waals surface area contributed by atoms with Gasteiger partial charge >= 0.3 is 5.97 Å². The second-order valence-corrected chi connectivity index (χ2v) is 8.79. The highest BCUT2D eigenvalue weighted by Crippen LogP contribution is 2.39. The fourth-order valence-electron chi connectivity index (χ4n) is 4.22. The molecule has 4 rings (SSSR count). The normalized spacial score (nSPS) is 16.5. The van der Waals surface area contributed by atoms with E-state index in [0.717, 1.165) is 19.4 Å². The minimum Gasteiger partial charge on any atom is -0.477 e. The lowest BCUT2D eigenvalue weighted by atomic mass is 9.84. The van der Waals surface area contributed by atoms with E-state index < -0.39 is 17.2 Å². The molecule has 0 radical (unpaired) electrons. The molecule has 1 aliphatic heterocycles. The van der Waals surface area contributed by atoms with Crippen molar-refractivity contribution in [3.63, 3.8) is 0 Å². The highest BCUT2D eigenvalue weighted by molar-refractivity contribution is 6.34. The van der Waals surface area contributed by atoms with E-state index in [0.29, 0.717) is 17.7 Å². The first kappa shape index (κ1) is 19.6. The topological polar surface area (TPSA) is 75.4 Å².